The third-order valence-electron chi connectivity index (χ3n) is 10.2. The fourth-order valence-corrected chi connectivity index (χ4v) is 6.82. The Kier molecular flexibility index (Phi) is 36.9. The van der Waals surface area contributed by atoms with E-state index in [0.29, 0.717) is 38.5 Å². The number of esters is 2. The predicted molar refractivity (Wildman–Crippen MR) is 233 cm³/mol. The molecule has 0 rings (SSSR count). The maximum atomic E-state index is 13.2. The number of hydrogen-bond acceptors (Lipinski definition) is 10. The number of ether oxygens (including phenoxy) is 2. The Morgan fingerprint density at radius 2 is 0.783 bits per heavy atom. The molecule has 0 aromatic rings. The molecule has 0 bridgehead atoms. The van der Waals surface area contributed by atoms with Crippen LogP contribution in [0.25, 0.3) is 0 Å². The molecule has 60 heavy (non-hydrogen) atoms. The summed E-state index contributed by atoms with van der Waals surface area (Å²) in [6.45, 7) is 2.75. The lowest BCUT2D eigenvalue weighted by Crippen LogP contribution is -2.44. The molecular formula is C46H80N2O12. The number of carboxylic acids is 4. The van der Waals surface area contributed by atoms with E-state index < -0.39 is 48.9 Å². The fourth-order valence-electron chi connectivity index (χ4n) is 6.82. The van der Waals surface area contributed by atoms with Gasteiger partial charge in [-0.2, -0.15) is 0 Å². The van der Waals surface area contributed by atoms with Gasteiger partial charge < -0.3 is 29.9 Å². The minimum Gasteiger partial charge on any atom is -0.481 e. The quantitative estimate of drug-likeness (QED) is 0.0256. The molecule has 0 aromatic carbocycles. The molecule has 2 atom stereocenters. The lowest BCUT2D eigenvalue weighted by Gasteiger charge is -2.26. The van der Waals surface area contributed by atoms with Crippen molar-refractivity contribution in [2.24, 2.45) is 0 Å². The van der Waals surface area contributed by atoms with Gasteiger partial charge in [-0.25, -0.2) is 0 Å². The molecule has 0 saturated heterocycles. The van der Waals surface area contributed by atoms with Gasteiger partial charge in [0.25, 0.3) is 0 Å². The number of nitrogens with zero attached hydrogens (tertiary/aromatic N) is 2. The molecule has 0 spiro atoms. The van der Waals surface area contributed by atoms with Gasteiger partial charge in [0.1, 0.15) is 12.2 Å². The highest BCUT2D eigenvalue weighted by Gasteiger charge is 2.23. The summed E-state index contributed by atoms with van der Waals surface area (Å²) in [5, 5.41) is 36.8. The SMILES string of the molecule is CCCCCCC(CC=CCCCCCCCC(=O)O)OC(=O)CN(CCN(CC(=O)O)CC(=O)OC(CC=CCCCCCCCC(=O)O)CCCCCC)CC(=O)O. The van der Waals surface area contributed by atoms with Crippen LogP contribution < -0.4 is 0 Å². The summed E-state index contributed by atoms with van der Waals surface area (Å²) in [6.07, 6.45) is 29.3. The van der Waals surface area contributed by atoms with Crippen molar-refractivity contribution >= 4 is 35.8 Å². The normalized spacial score (nSPS) is 12.7. The number of carboxylic acid groups (broad SMARTS) is 4. The summed E-state index contributed by atoms with van der Waals surface area (Å²) >= 11 is 0. The van der Waals surface area contributed by atoms with Crippen molar-refractivity contribution in [2.75, 3.05) is 39.3 Å². The van der Waals surface area contributed by atoms with E-state index in [-0.39, 0.29) is 51.2 Å². The number of carbonyl (C=O) groups excluding carboxylic acids is 2. The fraction of sp³-hybridized carbons (Fsp3) is 0.783. The molecule has 4 N–H and O–H groups in total. The second kappa shape index (κ2) is 39.4. The van der Waals surface area contributed by atoms with Crippen LogP contribution >= 0.6 is 0 Å². The topological polar surface area (TPSA) is 208 Å². The van der Waals surface area contributed by atoms with E-state index in [1.165, 1.54) is 9.80 Å². The maximum absolute atomic E-state index is 13.2. The molecule has 0 saturated carbocycles. The number of carbonyl (C=O) groups is 6. The molecule has 0 aromatic heterocycles. The Labute approximate surface area is 360 Å². The molecular weight excluding hydrogens is 773 g/mol. The summed E-state index contributed by atoms with van der Waals surface area (Å²) in [6, 6.07) is 0. The van der Waals surface area contributed by atoms with Crippen LogP contribution in [0.15, 0.2) is 24.3 Å². The predicted octanol–water partition coefficient (Wildman–Crippen LogP) is 9.05. The first-order valence-electron chi connectivity index (χ1n) is 22.9. The highest BCUT2D eigenvalue weighted by Crippen LogP contribution is 2.16. The van der Waals surface area contributed by atoms with Crippen molar-refractivity contribution in [3.63, 3.8) is 0 Å². The average molecular weight is 853 g/mol. The van der Waals surface area contributed by atoms with Crippen LogP contribution in [0, 0.1) is 0 Å². The lowest BCUT2D eigenvalue weighted by molar-refractivity contribution is -0.154. The number of allylic oxidation sites excluding steroid dienone is 2. The van der Waals surface area contributed by atoms with Crippen LogP contribution in [-0.2, 0) is 38.2 Å². The van der Waals surface area contributed by atoms with Crippen molar-refractivity contribution in [1.29, 1.82) is 0 Å². The lowest BCUT2D eigenvalue weighted by atomic mass is 10.1. The average Bonchev–Trinajstić information content (AvgIpc) is 3.17. The van der Waals surface area contributed by atoms with Gasteiger partial charge >= 0.3 is 35.8 Å². The van der Waals surface area contributed by atoms with E-state index in [1.54, 1.807) is 0 Å². The zero-order valence-electron chi connectivity index (χ0n) is 37.0. The van der Waals surface area contributed by atoms with Crippen molar-refractivity contribution in [3.8, 4) is 0 Å². The van der Waals surface area contributed by atoms with Gasteiger partial charge in [0.05, 0.1) is 26.2 Å². The standard InChI is InChI=1S/C46H80N2O12/c1-3-5-7-21-27-39(29-23-17-13-9-11-15-19-25-31-41(49)50)59-45(57)37-47(35-43(53)54)33-34-48(36-44(55)56)38-46(58)60-40(28-22-8-6-4-2)30-24-18-14-10-12-16-20-26-32-42(51)52/h17-18,23-24,39-40H,3-16,19-22,25-38H2,1-2H3,(H,49,50)(H,51,52)(H,53,54)(H,55,56). The van der Waals surface area contributed by atoms with Crippen LogP contribution in [0.2, 0.25) is 0 Å². The van der Waals surface area contributed by atoms with Crippen molar-refractivity contribution in [2.45, 2.75) is 193 Å². The summed E-state index contributed by atoms with van der Waals surface area (Å²) in [5.74, 6) is -4.96. The largest absolute Gasteiger partial charge is 0.481 e. The molecule has 2 unspecified atom stereocenters. The van der Waals surface area contributed by atoms with Gasteiger partial charge in [-0.05, 0) is 64.2 Å². The van der Waals surface area contributed by atoms with Crippen molar-refractivity contribution < 1.29 is 58.7 Å². The molecule has 0 aliphatic heterocycles. The van der Waals surface area contributed by atoms with E-state index in [1.807, 2.05) is 12.2 Å². The van der Waals surface area contributed by atoms with Crippen LogP contribution in [0.4, 0.5) is 0 Å². The summed E-state index contributed by atoms with van der Waals surface area (Å²) < 4.78 is 11.7. The molecule has 0 aliphatic rings. The van der Waals surface area contributed by atoms with Gasteiger partial charge in [0.2, 0.25) is 0 Å². The van der Waals surface area contributed by atoms with E-state index in [9.17, 15) is 39.0 Å². The number of rotatable bonds is 43. The first kappa shape index (κ1) is 56.2. The Morgan fingerprint density at radius 3 is 1.13 bits per heavy atom. The summed E-state index contributed by atoms with van der Waals surface area (Å²) in [5.41, 5.74) is 0. The number of aliphatic carboxylic acids is 4. The highest BCUT2D eigenvalue weighted by molar-refractivity contribution is 5.75. The molecule has 0 fully saturated rings. The second-order valence-electron chi connectivity index (χ2n) is 15.9. The second-order valence-corrected chi connectivity index (χ2v) is 15.9. The van der Waals surface area contributed by atoms with E-state index in [4.69, 9.17) is 19.7 Å². The molecule has 0 radical (unpaired) electrons. The van der Waals surface area contributed by atoms with Crippen molar-refractivity contribution in [1.82, 2.24) is 9.80 Å². The minimum absolute atomic E-state index is 0.0160. The van der Waals surface area contributed by atoms with E-state index in [2.05, 4.69) is 26.0 Å². The van der Waals surface area contributed by atoms with Gasteiger partial charge in [0.15, 0.2) is 0 Å². The Morgan fingerprint density at radius 1 is 0.433 bits per heavy atom. The molecule has 0 heterocycles. The third-order valence-corrected chi connectivity index (χ3v) is 10.2. The third kappa shape index (κ3) is 38.4. The van der Waals surface area contributed by atoms with E-state index in [0.717, 1.165) is 116 Å². The maximum Gasteiger partial charge on any atom is 0.320 e. The molecule has 346 valence electrons. The van der Waals surface area contributed by atoms with Gasteiger partial charge in [0, 0.05) is 38.8 Å². The van der Waals surface area contributed by atoms with Crippen LogP contribution in [0.3, 0.4) is 0 Å². The summed E-state index contributed by atoms with van der Waals surface area (Å²) in [4.78, 5) is 74.0. The number of hydrogen-bond donors (Lipinski definition) is 4. The highest BCUT2D eigenvalue weighted by atomic mass is 16.5. The van der Waals surface area contributed by atoms with Crippen molar-refractivity contribution in [3.05, 3.63) is 24.3 Å². The molecule has 0 aliphatic carbocycles. The first-order chi connectivity index (χ1) is 28.9. The monoisotopic (exact) mass is 853 g/mol. The zero-order valence-corrected chi connectivity index (χ0v) is 37.0. The van der Waals surface area contributed by atoms with Gasteiger partial charge in [-0.1, -0.05) is 115 Å². The van der Waals surface area contributed by atoms with Gasteiger partial charge in [-0.15, -0.1) is 0 Å². The number of unbranched alkanes of at least 4 members (excludes halogenated alkanes) is 16. The molecule has 14 heteroatoms. The Bertz CT molecular complexity index is 1130. The zero-order chi connectivity index (χ0) is 44.6. The molecule has 0 amide bonds. The molecule has 14 nitrogen and oxygen atoms in total. The smallest absolute Gasteiger partial charge is 0.320 e. The minimum atomic E-state index is -1.15. The summed E-state index contributed by atoms with van der Waals surface area (Å²) in [7, 11) is 0. The van der Waals surface area contributed by atoms with Crippen LogP contribution in [0.5, 0.6) is 0 Å². The Hall–Kier alpha value is -3.78. The van der Waals surface area contributed by atoms with Crippen LogP contribution in [0.1, 0.15) is 181 Å². The Balaban J connectivity index is 5.29. The van der Waals surface area contributed by atoms with Gasteiger partial charge in [-0.3, -0.25) is 38.6 Å². The first-order valence-corrected chi connectivity index (χ1v) is 22.9. The van der Waals surface area contributed by atoms with E-state index >= 15 is 0 Å². The van der Waals surface area contributed by atoms with Crippen LogP contribution in [-0.4, -0.2) is 118 Å².